The number of halogens is 1. The molecule has 1 heterocycles. The highest BCUT2D eigenvalue weighted by Gasteiger charge is 2.34. The van der Waals surface area contributed by atoms with Gasteiger partial charge >= 0.3 is 0 Å². The lowest BCUT2D eigenvalue weighted by Crippen LogP contribution is -2.45. The second-order valence-electron chi connectivity index (χ2n) is 5.89. The number of hydrogen-bond donors (Lipinski definition) is 1. The van der Waals surface area contributed by atoms with Crippen molar-refractivity contribution in [2.75, 3.05) is 13.6 Å². The molecule has 1 aliphatic rings. The summed E-state index contributed by atoms with van der Waals surface area (Å²) in [5.74, 6) is -0.191. The molecule has 1 N–H and O–H groups in total. The lowest BCUT2D eigenvalue weighted by Gasteiger charge is -2.36. The molecule has 21 heavy (non-hydrogen) atoms. The van der Waals surface area contributed by atoms with Gasteiger partial charge in [-0.25, -0.2) is 12.8 Å². The molecule has 6 heteroatoms. The highest BCUT2D eigenvalue weighted by Crippen LogP contribution is 2.29. The standard InChI is InChI=1S/C15H23FN2O2S/c1-11-4-5-12(2)18(10-11)21(19,20)15-8-14(16)7-6-13(15)9-17-3/h6-8,11-12,17H,4-5,9-10H2,1-3H3. The number of benzene rings is 1. The zero-order chi connectivity index (χ0) is 15.6. The minimum Gasteiger partial charge on any atom is -0.316 e. The van der Waals surface area contributed by atoms with Gasteiger partial charge in [-0.15, -0.1) is 0 Å². The molecule has 1 saturated heterocycles. The van der Waals surface area contributed by atoms with E-state index in [4.69, 9.17) is 0 Å². The minimum atomic E-state index is -3.67. The van der Waals surface area contributed by atoms with Crippen LogP contribution in [0.15, 0.2) is 23.1 Å². The van der Waals surface area contributed by atoms with Crippen LogP contribution in [0.4, 0.5) is 4.39 Å². The van der Waals surface area contributed by atoms with Gasteiger partial charge in [0, 0.05) is 19.1 Å². The molecular weight excluding hydrogens is 291 g/mol. The summed E-state index contributed by atoms with van der Waals surface area (Å²) < 4.78 is 40.9. The molecule has 2 rings (SSSR count). The molecule has 0 amide bonds. The van der Waals surface area contributed by atoms with Crippen LogP contribution in [-0.2, 0) is 16.6 Å². The van der Waals surface area contributed by atoms with Crippen molar-refractivity contribution in [3.8, 4) is 0 Å². The maximum atomic E-state index is 13.6. The van der Waals surface area contributed by atoms with Crippen LogP contribution in [0.5, 0.6) is 0 Å². The Morgan fingerprint density at radius 1 is 1.33 bits per heavy atom. The van der Waals surface area contributed by atoms with E-state index in [0.29, 0.717) is 24.6 Å². The average Bonchev–Trinajstić information content (AvgIpc) is 2.43. The van der Waals surface area contributed by atoms with E-state index in [-0.39, 0.29) is 10.9 Å². The van der Waals surface area contributed by atoms with Gasteiger partial charge in [-0.05, 0) is 50.4 Å². The summed E-state index contributed by atoms with van der Waals surface area (Å²) in [4.78, 5) is 0.0813. The van der Waals surface area contributed by atoms with E-state index in [0.717, 1.165) is 18.9 Å². The predicted molar refractivity (Wildman–Crippen MR) is 80.9 cm³/mol. The summed E-state index contributed by atoms with van der Waals surface area (Å²) in [5.41, 5.74) is 0.601. The maximum Gasteiger partial charge on any atom is 0.243 e. The van der Waals surface area contributed by atoms with Crippen LogP contribution in [0.2, 0.25) is 0 Å². The number of hydrogen-bond acceptors (Lipinski definition) is 3. The quantitative estimate of drug-likeness (QED) is 0.928. The van der Waals surface area contributed by atoms with Gasteiger partial charge in [0.05, 0.1) is 4.90 Å². The Morgan fingerprint density at radius 3 is 2.71 bits per heavy atom. The summed E-state index contributed by atoms with van der Waals surface area (Å²) in [6, 6.07) is 3.93. The molecule has 1 aromatic rings. The van der Waals surface area contributed by atoms with Crippen LogP contribution in [-0.4, -0.2) is 32.4 Å². The fourth-order valence-corrected chi connectivity index (χ4v) is 4.83. The summed E-state index contributed by atoms with van der Waals surface area (Å²) in [6.07, 6.45) is 1.87. The normalized spacial score (nSPS) is 24.2. The second-order valence-corrected chi connectivity index (χ2v) is 7.75. The number of nitrogens with zero attached hydrogens (tertiary/aromatic N) is 1. The molecule has 0 radical (unpaired) electrons. The van der Waals surface area contributed by atoms with Crippen molar-refractivity contribution in [1.29, 1.82) is 0 Å². The second kappa shape index (κ2) is 6.42. The number of rotatable bonds is 4. The van der Waals surface area contributed by atoms with Crippen LogP contribution in [0.3, 0.4) is 0 Å². The Hall–Kier alpha value is -0.980. The van der Waals surface area contributed by atoms with Crippen molar-refractivity contribution < 1.29 is 12.8 Å². The fourth-order valence-electron chi connectivity index (χ4n) is 2.81. The van der Waals surface area contributed by atoms with Gasteiger partial charge in [-0.3, -0.25) is 0 Å². The zero-order valence-corrected chi connectivity index (χ0v) is 13.6. The Labute approximate surface area is 126 Å². The first-order chi connectivity index (χ1) is 9.86. The Bertz CT molecular complexity index is 604. The summed E-state index contributed by atoms with van der Waals surface area (Å²) in [6.45, 7) is 4.86. The molecule has 1 aromatic carbocycles. The highest BCUT2D eigenvalue weighted by molar-refractivity contribution is 7.89. The lowest BCUT2D eigenvalue weighted by molar-refractivity contribution is 0.218. The largest absolute Gasteiger partial charge is 0.316 e. The first-order valence-electron chi connectivity index (χ1n) is 7.31. The van der Waals surface area contributed by atoms with Crippen molar-refractivity contribution in [3.05, 3.63) is 29.6 Å². The van der Waals surface area contributed by atoms with Gasteiger partial charge in [-0.1, -0.05) is 13.0 Å². The van der Waals surface area contributed by atoms with Crippen molar-refractivity contribution in [1.82, 2.24) is 9.62 Å². The molecule has 2 unspecified atom stereocenters. The van der Waals surface area contributed by atoms with Gasteiger partial charge in [0.1, 0.15) is 5.82 Å². The fraction of sp³-hybridized carbons (Fsp3) is 0.600. The van der Waals surface area contributed by atoms with Crippen LogP contribution in [0, 0.1) is 11.7 Å². The molecular formula is C15H23FN2O2S. The van der Waals surface area contributed by atoms with Crippen molar-refractivity contribution in [3.63, 3.8) is 0 Å². The summed E-state index contributed by atoms with van der Waals surface area (Å²) in [7, 11) is -1.92. The van der Waals surface area contributed by atoms with E-state index in [1.807, 2.05) is 6.92 Å². The third-order valence-corrected chi connectivity index (χ3v) is 6.11. The molecule has 1 fully saturated rings. The first-order valence-corrected chi connectivity index (χ1v) is 8.75. The van der Waals surface area contributed by atoms with Crippen LogP contribution in [0.25, 0.3) is 0 Å². The van der Waals surface area contributed by atoms with Gasteiger partial charge in [0.25, 0.3) is 0 Å². The highest BCUT2D eigenvalue weighted by atomic mass is 32.2. The maximum absolute atomic E-state index is 13.6. The molecule has 1 aliphatic heterocycles. The number of piperidine rings is 1. The van der Waals surface area contributed by atoms with Crippen molar-refractivity contribution in [2.45, 2.75) is 44.2 Å². The SMILES string of the molecule is CNCc1ccc(F)cc1S(=O)(=O)N1CC(C)CCC1C. The predicted octanol–water partition coefficient (Wildman–Crippen LogP) is 2.35. The smallest absolute Gasteiger partial charge is 0.243 e. The van der Waals surface area contributed by atoms with Crippen molar-refractivity contribution in [2.24, 2.45) is 5.92 Å². The van der Waals surface area contributed by atoms with Crippen molar-refractivity contribution >= 4 is 10.0 Å². The molecule has 0 saturated carbocycles. The zero-order valence-electron chi connectivity index (χ0n) is 12.8. The number of nitrogens with one attached hydrogen (secondary N) is 1. The van der Waals surface area contributed by atoms with Gasteiger partial charge in [0.15, 0.2) is 0 Å². The van der Waals surface area contributed by atoms with E-state index < -0.39 is 15.8 Å². The van der Waals surface area contributed by atoms with E-state index in [2.05, 4.69) is 12.2 Å². The third-order valence-electron chi connectivity index (χ3n) is 4.04. The number of sulfonamides is 1. The topological polar surface area (TPSA) is 49.4 Å². The van der Waals surface area contributed by atoms with E-state index in [1.54, 1.807) is 7.05 Å². The van der Waals surface area contributed by atoms with E-state index >= 15 is 0 Å². The Balaban J connectivity index is 2.45. The van der Waals surface area contributed by atoms with Crippen LogP contribution in [0.1, 0.15) is 32.3 Å². The summed E-state index contributed by atoms with van der Waals surface area (Å²) in [5, 5.41) is 2.93. The van der Waals surface area contributed by atoms with Gasteiger partial charge in [0.2, 0.25) is 10.0 Å². The Kier molecular flexibility index (Phi) is 5.01. The average molecular weight is 314 g/mol. The Morgan fingerprint density at radius 2 is 2.05 bits per heavy atom. The third kappa shape index (κ3) is 3.44. The molecule has 0 aromatic heterocycles. The van der Waals surface area contributed by atoms with Gasteiger partial charge < -0.3 is 5.32 Å². The van der Waals surface area contributed by atoms with Crippen LogP contribution < -0.4 is 5.32 Å². The summed E-state index contributed by atoms with van der Waals surface area (Å²) >= 11 is 0. The van der Waals surface area contributed by atoms with Gasteiger partial charge in [-0.2, -0.15) is 4.31 Å². The van der Waals surface area contributed by atoms with Crippen LogP contribution >= 0.6 is 0 Å². The molecule has 0 bridgehead atoms. The van der Waals surface area contributed by atoms with E-state index in [9.17, 15) is 12.8 Å². The molecule has 0 aliphatic carbocycles. The lowest BCUT2D eigenvalue weighted by atomic mass is 9.97. The molecule has 2 atom stereocenters. The van der Waals surface area contributed by atoms with E-state index in [1.165, 1.54) is 16.4 Å². The molecule has 0 spiro atoms. The molecule has 4 nitrogen and oxygen atoms in total. The first kappa shape index (κ1) is 16.4. The monoisotopic (exact) mass is 314 g/mol. The minimum absolute atomic E-state index is 0.0445. The molecule has 118 valence electrons.